The third-order valence-electron chi connectivity index (χ3n) is 2.93. The molecule has 1 aromatic carbocycles. The van der Waals surface area contributed by atoms with Crippen LogP contribution in [0.5, 0.6) is 5.75 Å². The van der Waals surface area contributed by atoms with E-state index in [9.17, 15) is 9.59 Å². The summed E-state index contributed by atoms with van der Waals surface area (Å²) in [6.07, 6.45) is 2.48. The fraction of sp³-hybridized carbons (Fsp3) is 0.333. The minimum Gasteiger partial charge on any atom is -0.492 e. The standard InChI is InChI=1S/C15H15Br2NO3S/c1-3-5-18-14(19)12(22-15(18)20)8-9-6-10(16)13(21-4-2)11(17)7-9/h6-8H,3-5H2,1-2H3/b12-8+. The van der Waals surface area contributed by atoms with Crippen molar-refractivity contribution in [2.75, 3.05) is 13.2 Å². The maximum absolute atomic E-state index is 12.2. The lowest BCUT2D eigenvalue weighted by Gasteiger charge is -2.10. The van der Waals surface area contributed by atoms with Gasteiger partial charge >= 0.3 is 0 Å². The molecule has 0 aromatic heterocycles. The molecule has 0 bridgehead atoms. The fourth-order valence-corrected chi connectivity index (χ4v) is 4.33. The molecule has 1 aliphatic rings. The topological polar surface area (TPSA) is 46.6 Å². The molecule has 0 aliphatic carbocycles. The van der Waals surface area contributed by atoms with Crippen molar-refractivity contribution >= 4 is 60.8 Å². The van der Waals surface area contributed by atoms with Crippen molar-refractivity contribution in [3.63, 3.8) is 0 Å². The van der Waals surface area contributed by atoms with Crippen LogP contribution in [0, 0.1) is 0 Å². The molecule has 2 rings (SSSR count). The molecule has 2 amide bonds. The van der Waals surface area contributed by atoms with Gasteiger partial charge in [0.25, 0.3) is 11.1 Å². The number of nitrogens with zero attached hydrogens (tertiary/aromatic N) is 1. The minimum atomic E-state index is -0.224. The third-order valence-corrected chi connectivity index (χ3v) is 5.01. The van der Waals surface area contributed by atoms with Gasteiger partial charge in [-0.05, 0) is 80.7 Å². The lowest BCUT2D eigenvalue weighted by Crippen LogP contribution is -2.28. The van der Waals surface area contributed by atoms with Crippen LogP contribution in [0.4, 0.5) is 4.79 Å². The van der Waals surface area contributed by atoms with E-state index >= 15 is 0 Å². The average molecular weight is 449 g/mol. The highest BCUT2D eigenvalue weighted by molar-refractivity contribution is 9.11. The van der Waals surface area contributed by atoms with Crippen molar-refractivity contribution in [3.8, 4) is 5.75 Å². The summed E-state index contributed by atoms with van der Waals surface area (Å²) in [7, 11) is 0. The summed E-state index contributed by atoms with van der Waals surface area (Å²) in [5.41, 5.74) is 0.823. The van der Waals surface area contributed by atoms with Gasteiger partial charge in [0.15, 0.2) is 0 Å². The minimum absolute atomic E-state index is 0.206. The zero-order valence-corrected chi connectivity index (χ0v) is 16.2. The largest absolute Gasteiger partial charge is 0.492 e. The van der Waals surface area contributed by atoms with Crippen molar-refractivity contribution < 1.29 is 14.3 Å². The number of hydrogen-bond donors (Lipinski definition) is 0. The van der Waals surface area contributed by atoms with Crippen LogP contribution in [-0.4, -0.2) is 29.2 Å². The van der Waals surface area contributed by atoms with Crippen LogP contribution in [0.3, 0.4) is 0 Å². The number of amides is 2. The molecular formula is C15H15Br2NO3S. The Hall–Kier alpha value is -0.790. The van der Waals surface area contributed by atoms with E-state index in [4.69, 9.17) is 4.74 Å². The van der Waals surface area contributed by atoms with Crippen LogP contribution in [0.15, 0.2) is 26.0 Å². The highest BCUT2D eigenvalue weighted by atomic mass is 79.9. The molecule has 0 unspecified atom stereocenters. The van der Waals surface area contributed by atoms with Crippen molar-refractivity contribution in [2.24, 2.45) is 0 Å². The van der Waals surface area contributed by atoms with Crippen LogP contribution in [0.2, 0.25) is 0 Å². The summed E-state index contributed by atoms with van der Waals surface area (Å²) in [6.45, 7) is 4.87. The maximum atomic E-state index is 12.2. The first kappa shape index (κ1) is 17.6. The van der Waals surface area contributed by atoms with E-state index in [0.717, 1.165) is 38.4 Å². The Labute approximate surface area is 150 Å². The number of imide groups is 1. The van der Waals surface area contributed by atoms with Gasteiger partial charge < -0.3 is 4.74 Å². The van der Waals surface area contributed by atoms with Crippen molar-refractivity contribution in [1.82, 2.24) is 4.90 Å². The van der Waals surface area contributed by atoms with Gasteiger partial charge in [-0.2, -0.15) is 0 Å². The molecule has 0 spiro atoms. The van der Waals surface area contributed by atoms with Crippen LogP contribution in [0.1, 0.15) is 25.8 Å². The second-order valence-corrected chi connectivity index (χ2v) is 7.28. The van der Waals surface area contributed by atoms with Gasteiger partial charge in [0.05, 0.1) is 20.5 Å². The van der Waals surface area contributed by atoms with Gasteiger partial charge in [-0.1, -0.05) is 6.92 Å². The Bertz CT molecular complexity index is 623. The lowest BCUT2D eigenvalue weighted by molar-refractivity contribution is -0.122. The summed E-state index contributed by atoms with van der Waals surface area (Å²) >= 11 is 7.90. The molecule has 1 fully saturated rings. The van der Waals surface area contributed by atoms with E-state index in [0.29, 0.717) is 18.1 Å². The molecule has 1 aromatic rings. The molecular weight excluding hydrogens is 434 g/mol. The molecule has 1 heterocycles. The number of carbonyl (C=O) groups excluding carboxylic acids is 2. The van der Waals surface area contributed by atoms with E-state index in [1.807, 2.05) is 26.0 Å². The molecule has 22 heavy (non-hydrogen) atoms. The first-order chi connectivity index (χ1) is 10.5. The van der Waals surface area contributed by atoms with E-state index in [1.54, 1.807) is 6.08 Å². The van der Waals surface area contributed by atoms with Crippen LogP contribution >= 0.6 is 43.6 Å². The quantitative estimate of drug-likeness (QED) is 0.590. The summed E-state index contributed by atoms with van der Waals surface area (Å²) < 4.78 is 7.12. The predicted molar refractivity (Wildman–Crippen MR) is 96.0 cm³/mol. The Kier molecular flexibility index (Phi) is 6.11. The number of hydrogen-bond acceptors (Lipinski definition) is 4. The number of ether oxygens (including phenoxy) is 1. The molecule has 0 N–H and O–H groups in total. The fourth-order valence-electron chi connectivity index (χ4n) is 2.01. The van der Waals surface area contributed by atoms with Crippen molar-refractivity contribution in [3.05, 3.63) is 31.5 Å². The molecule has 118 valence electrons. The van der Waals surface area contributed by atoms with Gasteiger partial charge in [0.1, 0.15) is 5.75 Å². The highest BCUT2D eigenvalue weighted by Crippen LogP contribution is 2.37. The molecule has 0 radical (unpaired) electrons. The summed E-state index contributed by atoms with van der Waals surface area (Å²) in [5, 5.41) is -0.206. The Morgan fingerprint density at radius 2 is 1.86 bits per heavy atom. The first-order valence-electron chi connectivity index (χ1n) is 6.85. The number of thioether (sulfide) groups is 1. The van der Waals surface area contributed by atoms with Gasteiger partial charge in [-0.15, -0.1) is 0 Å². The normalized spacial score (nSPS) is 16.7. The third kappa shape index (κ3) is 3.75. The van der Waals surface area contributed by atoms with Gasteiger partial charge in [-0.3, -0.25) is 14.5 Å². The van der Waals surface area contributed by atoms with Crippen molar-refractivity contribution in [1.29, 1.82) is 0 Å². The van der Waals surface area contributed by atoms with Crippen molar-refractivity contribution in [2.45, 2.75) is 20.3 Å². The maximum Gasteiger partial charge on any atom is 0.293 e. The van der Waals surface area contributed by atoms with E-state index < -0.39 is 0 Å². The number of halogens is 2. The summed E-state index contributed by atoms with van der Waals surface area (Å²) in [4.78, 5) is 25.8. The second-order valence-electron chi connectivity index (χ2n) is 4.58. The van der Waals surface area contributed by atoms with Crippen LogP contribution in [-0.2, 0) is 4.79 Å². The predicted octanol–water partition coefficient (Wildman–Crippen LogP) is 5.06. The van der Waals surface area contributed by atoms with Gasteiger partial charge in [0.2, 0.25) is 0 Å². The van der Waals surface area contributed by atoms with Gasteiger partial charge in [-0.25, -0.2) is 0 Å². The smallest absolute Gasteiger partial charge is 0.293 e. The highest BCUT2D eigenvalue weighted by Gasteiger charge is 2.34. The van der Waals surface area contributed by atoms with E-state index in [-0.39, 0.29) is 11.1 Å². The Morgan fingerprint density at radius 3 is 2.41 bits per heavy atom. The monoisotopic (exact) mass is 447 g/mol. The van der Waals surface area contributed by atoms with E-state index in [1.165, 1.54) is 4.90 Å². The average Bonchev–Trinajstić information content (AvgIpc) is 2.71. The molecule has 0 saturated carbocycles. The molecule has 0 atom stereocenters. The number of carbonyl (C=O) groups is 2. The zero-order valence-electron chi connectivity index (χ0n) is 12.2. The molecule has 1 saturated heterocycles. The van der Waals surface area contributed by atoms with Crippen LogP contribution < -0.4 is 4.74 Å². The molecule has 7 heteroatoms. The number of rotatable bonds is 5. The number of benzene rings is 1. The van der Waals surface area contributed by atoms with Crippen LogP contribution in [0.25, 0.3) is 6.08 Å². The Morgan fingerprint density at radius 1 is 1.23 bits per heavy atom. The molecule has 4 nitrogen and oxygen atoms in total. The SMILES string of the molecule is CCCN1C(=O)S/C(=C/c2cc(Br)c(OCC)c(Br)c2)C1=O. The summed E-state index contributed by atoms with van der Waals surface area (Å²) in [5.74, 6) is 0.497. The van der Waals surface area contributed by atoms with Gasteiger partial charge in [0, 0.05) is 6.54 Å². The second kappa shape index (κ2) is 7.66. The summed E-state index contributed by atoms with van der Waals surface area (Å²) in [6, 6.07) is 3.73. The first-order valence-corrected chi connectivity index (χ1v) is 9.25. The van der Waals surface area contributed by atoms with E-state index in [2.05, 4.69) is 31.9 Å². The zero-order chi connectivity index (χ0) is 16.3. The molecule has 1 aliphatic heterocycles. The lowest BCUT2D eigenvalue weighted by atomic mass is 10.2. The Balaban J connectivity index is 2.30.